The summed E-state index contributed by atoms with van der Waals surface area (Å²) in [5.41, 5.74) is 5.15. The molecule has 2 amide bonds. The molecule has 0 aromatic carbocycles. The summed E-state index contributed by atoms with van der Waals surface area (Å²) in [7, 11) is 0. The number of carbonyl (C=O) groups is 2. The van der Waals surface area contributed by atoms with Gasteiger partial charge in [0, 0.05) is 6.20 Å². The predicted octanol–water partition coefficient (Wildman–Crippen LogP) is 1.55. The number of aromatic nitrogens is 1. The van der Waals surface area contributed by atoms with Gasteiger partial charge >= 0.3 is 0 Å². The van der Waals surface area contributed by atoms with E-state index in [1.165, 1.54) is 11.1 Å². The lowest BCUT2D eigenvalue weighted by molar-refractivity contribution is -0.148. The van der Waals surface area contributed by atoms with Crippen LogP contribution in [0.1, 0.15) is 26.3 Å². The molecule has 0 saturated heterocycles. The summed E-state index contributed by atoms with van der Waals surface area (Å²) >= 11 is 5.86. The van der Waals surface area contributed by atoms with Crippen molar-refractivity contribution in [1.82, 2.24) is 9.88 Å². The highest BCUT2D eigenvalue weighted by Gasteiger charge is 2.41. The van der Waals surface area contributed by atoms with Crippen LogP contribution in [0, 0.1) is 0 Å². The van der Waals surface area contributed by atoms with Gasteiger partial charge < -0.3 is 10.5 Å². The lowest BCUT2D eigenvalue weighted by Gasteiger charge is -2.39. The Bertz CT molecular complexity index is 640. The molecule has 0 spiro atoms. The van der Waals surface area contributed by atoms with E-state index in [9.17, 15) is 9.59 Å². The molecule has 112 valence electrons. The lowest BCUT2D eigenvalue weighted by Crippen LogP contribution is -2.57. The van der Waals surface area contributed by atoms with E-state index in [1.807, 2.05) is 0 Å². The van der Waals surface area contributed by atoms with Crippen LogP contribution < -0.4 is 5.73 Å². The van der Waals surface area contributed by atoms with Crippen LogP contribution in [-0.2, 0) is 14.3 Å². The summed E-state index contributed by atoms with van der Waals surface area (Å²) in [4.78, 5) is 29.5. The summed E-state index contributed by atoms with van der Waals surface area (Å²) in [5, 5.41) is 0.270. The standard InChI is InChI=1S/C14H16ClN3O3/c1-8-11(9-4-5-17-10(15)6-9)12(19)18(7-21-8)14(2,3)13(16)20/h4-6H,7H2,1-3H3,(H2,16,20). The van der Waals surface area contributed by atoms with Crippen LogP contribution >= 0.6 is 11.6 Å². The van der Waals surface area contributed by atoms with Crippen LogP contribution in [0.4, 0.5) is 0 Å². The molecule has 1 aliphatic rings. The monoisotopic (exact) mass is 309 g/mol. The number of ether oxygens (including phenoxy) is 1. The molecule has 21 heavy (non-hydrogen) atoms. The highest BCUT2D eigenvalue weighted by Crippen LogP contribution is 2.30. The normalized spacial score (nSPS) is 16.0. The first-order valence-corrected chi connectivity index (χ1v) is 6.70. The smallest absolute Gasteiger partial charge is 0.261 e. The molecular weight excluding hydrogens is 294 g/mol. The molecule has 0 unspecified atom stereocenters. The van der Waals surface area contributed by atoms with Gasteiger partial charge in [-0.15, -0.1) is 0 Å². The van der Waals surface area contributed by atoms with E-state index >= 15 is 0 Å². The minimum atomic E-state index is -1.15. The first-order chi connectivity index (χ1) is 9.75. The molecule has 0 fully saturated rings. The quantitative estimate of drug-likeness (QED) is 0.858. The predicted molar refractivity (Wildman–Crippen MR) is 77.9 cm³/mol. The Morgan fingerprint density at radius 3 is 2.76 bits per heavy atom. The van der Waals surface area contributed by atoms with Crippen LogP contribution in [0.3, 0.4) is 0 Å². The zero-order chi connectivity index (χ0) is 15.8. The van der Waals surface area contributed by atoms with Crippen molar-refractivity contribution in [2.45, 2.75) is 26.3 Å². The van der Waals surface area contributed by atoms with Crippen molar-refractivity contribution in [3.63, 3.8) is 0 Å². The van der Waals surface area contributed by atoms with E-state index in [0.717, 1.165) is 0 Å². The highest BCUT2D eigenvalue weighted by atomic mass is 35.5. The third-order valence-corrected chi connectivity index (χ3v) is 3.72. The van der Waals surface area contributed by atoms with E-state index in [-0.39, 0.29) is 17.8 Å². The minimum Gasteiger partial charge on any atom is -0.477 e. The van der Waals surface area contributed by atoms with Crippen molar-refractivity contribution in [3.8, 4) is 0 Å². The van der Waals surface area contributed by atoms with Gasteiger partial charge in [0.1, 0.15) is 16.5 Å². The van der Waals surface area contributed by atoms with Crippen LogP contribution in [-0.4, -0.2) is 34.0 Å². The van der Waals surface area contributed by atoms with Gasteiger partial charge in [0.2, 0.25) is 5.91 Å². The lowest BCUT2D eigenvalue weighted by atomic mass is 9.97. The maximum absolute atomic E-state index is 12.7. The van der Waals surface area contributed by atoms with Gasteiger partial charge in [-0.2, -0.15) is 0 Å². The third kappa shape index (κ3) is 2.71. The number of pyridine rings is 1. The number of rotatable bonds is 3. The van der Waals surface area contributed by atoms with E-state index < -0.39 is 11.4 Å². The summed E-state index contributed by atoms with van der Waals surface area (Å²) in [6.45, 7) is 4.82. The van der Waals surface area contributed by atoms with Gasteiger partial charge in [0.25, 0.3) is 5.91 Å². The summed E-state index contributed by atoms with van der Waals surface area (Å²) in [6, 6.07) is 3.23. The molecule has 0 atom stereocenters. The Morgan fingerprint density at radius 1 is 1.52 bits per heavy atom. The molecule has 0 bridgehead atoms. The molecule has 0 saturated carbocycles. The van der Waals surface area contributed by atoms with Crippen LogP contribution in [0.5, 0.6) is 0 Å². The fraction of sp³-hybridized carbons (Fsp3) is 0.357. The third-order valence-electron chi connectivity index (χ3n) is 3.51. The number of nitrogens with two attached hydrogens (primary N) is 1. The number of allylic oxidation sites excluding steroid dienone is 1. The van der Waals surface area contributed by atoms with Crippen molar-refractivity contribution < 1.29 is 14.3 Å². The molecule has 6 nitrogen and oxygen atoms in total. The maximum Gasteiger partial charge on any atom is 0.261 e. The average molecular weight is 310 g/mol. The van der Waals surface area contributed by atoms with Crippen molar-refractivity contribution in [2.24, 2.45) is 5.73 Å². The first-order valence-electron chi connectivity index (χ1n) is 6.32. The van der Waals surface area contributed by atoms with Crippen LogP contribution in [0.15, 0.2) is 24.1 Å². The molecule has 7 heteroatoms. The second-order valence-electron chi connectivity index (χ2n) is 5.23. The second-order valence-corrected chi connectivity index (χ2v) is 5.62. The van der Waals surface area contributed by atoms with Gasteiger partial charge in [0.05, 0.1) is 5.57 Å². The average Bonchev–Trinajstić information content (AvgIpc) is 2.38. The molecule has 2 N–H and O–H groups in total. The van der Waals surface area contributed by atoms with Crippen molar-refractivity contribution in [2.75, 3.05) is 6.73 Å². The van der Waals surface area contributed by atoms with Crippen molar-refractivity contribution in [3.05, 3.63) is 34.8 Å². The summed E-state index contributed by atoms with van der Waals surface area (Å²) in [6.07, 6.45) is 1.50. The largest absolute Gasteiger partial charge is 0.477 e. The number of carbonyl (C=O) groups excluding carboxylic acids is 2. The molecule has 1 aliphatic heterocycles. The Balaban J connectivity index is 2.47. The number of hydrogen-bond donors (Lipinski definition) is 1. The number of nitrogens with zero attached hydrogens (tertiary/aromatic N) is 2. The van der Waals surface area contributed by atoms with Gasteiger partial charge in [0.15, 0.2) is 6.73 Å². The van der Waals surface area contributed by atoms with Gasteiger partial charge in [-0.25, -0.2) is 4.98 Å². The van der Waals surface area contributed by atoms with Gasteiger partial charge in [-0.05, 0) is 38.5 Å². The van der Waals surface area contributed by atoms with Crippen LogP contribution in [0.2, 0.25) is 5.15 Å². The van der Waals surface area contributed by atoms with Gasteiger partial charge in [-0.3, -0.25) is 14.5 Å². The number of hydrogen-bond acceptors (Lipinski definition) is 4. The molecule has 2 rings (SSSR count). The summed E-state index contributed by atoms with van der Waals surface area (Å²) < 4.78 is 5.52. The zero-order valence-electron chi connectivity index (χ0n) is 12.0. The molecular formula is C14H16ClN3O3. The Labute approximate surface area is 127 Å². The maximum atomic E-state index is 12.7. The van der Waals surface area contributed by atoms with E-state index in [1.54, 1.807) is 32.9 Å². The number of halogens is 1. The van der Waals surface area contributed by atoms with E-state index in [4.69, 9.17) is 22.1 Å². The highest BCUT2D eigenvalue weighted by molar-refractivity contribution is 6.30. The zero-order valence-corrected chi connectivity index (χ0v) is 12.8. The molecule has 0 aliphatic carbocycles. The van der Waals surface area contributed by atoms with Gasteiger partial charge in [-0.1, -0.05) is 11.6 Å². The minimum absolute atomic E-state index is 0.0249. The Morgan fingerprint density at radius 2 is 2.19 bits per heavy atom. The summed E-state index contributed by atoms with van der Waals surface area (Å²) in [5.74, 6) is -0.463. The van der Waals surface area contributed by atoms with Crippen molar-refractivity contribution in [1.29, 1.82) is 0 Å². The number of primary amides is 1. The topological polar surface area (TPSA) is 85.5 Å². The number of amides is 2. The van der Waals surface area contributed by atoms with E-state index in [2.05, 4.69) is 4.98 Å². The Kier molecular flexibility index (Phi) is 3.91. The second kappa shape index (κ2) is 5.37. The fourth-order valence-corrected chi connectivity index (χ4v) is 2.18. The molecule has 2 heterocycles. The molecule has 1 aromatic rings. The Hall–Kier alpha value is -2.08. The van der Waals surface area contributed by atoms with Crippen molar-refractivity contribution >= 4 is 29.0 Å². The molecule has 0 radical (unpaired) electrons. The first kappa shape index (κ1) is 15.3. The van der Waals surface area contributed by atoms with Crippen LogP contribution in [0.25, 0.3) is 5.57 Å². The van der Waals surface area contributed by atoms with E-state index in [0.29, 0.717) is 16.9 Å². The molecule has 1 aromatic heterocycles. The SMILES string of the molecule is CC1=C(c2ccnc(Cl)c2)C(=O)N(C(C)(C)C(N)=O)CO1. The fourth-order valence-electron chi connectivity index (χ4n) is 2.01.